The third-order valence-corrected chi connectivity index (χ3v) is 3.98. The van der Waals surface area contributed by atoms with Crippen LogP contribution in [0.3, 0.4) is 0 Å². The van der Waals surface area contributed by atoms with Gasteiger partial charge in [0.15, 0.2) is 0 Å². The maximum absolute atomic E-state index is 6.02. The van der Waals surface area contributed by atoms with E-state index < -0.39 is 0 Å². The summed E-state index contributed by atoms with van der Waals surface area (Å²) in [6, 6.07) is 14.8. The zero-order valence-corrected chi connectivity index (χ0v) is 13.7. The van der Waals surface area contributed by atoms with Gasteiger partial charge in [0, 0.05) is 24.2 Å². The molecule has 2 aromatic rings. The first-order valence-electron chi connectivity index (χ1n) is 7.22. The first kappa shape index (κ1) is 16.0. The molecule has 0 amide bonds. The fourth-order valence-corrected chi connectivity index (χ4v) is 2.89. The summed E-state index contributed by atoms with van der Waals surface area (Å²) in [5.74, 6) is 0. The molecule has 0 fully saturated rings. The van der Waals surface area contributed by atoms with Crippen LogP contribution in [0.2, 0.25) is 5.02 Å². The van der Waals surface area contributed by atoms with Gasteiger partial charge in [0.1, 0.15) is 0 Å². The highest BCUT2D eigenvalue weighted by atomic mass is 35.5. The van der Waals surface area contributed by atoms with Crippen molar-refractivity contribution in [3.63, 3.8) is 0 Å². The molecule has 0 aromatic heterocycles. The van der Waals surface area contributed by atoms with Crippen LogP contribution < -0.4 is 5.73 Å². The van der Waals surface area contributed by atoms with Gasteiger partial charge in [-0.1, -0.05) is 53.1 Å². The predicted octanol–water partition coefficient (Wildman–Crippen LogP) is 4.09. The lowest BCUT2D eigenvalue weighted by Crippen LogP contribution is -2.30. The van der Waals surface area contributed by atoms with E-state index in [1.54, 1.807) is 0 Å². The number of benzene rings is 2. The van der Waals surface area contributed by atoms with Gasteiger partial charge in [0.25, 0.3) is 0 Å². The molecule has 0 aliphatic heterocycles. The predicted molar refractivity (Wildman–Crippen MR) is 90.6 cm³/mol. The van der Waals surface area contributed by atoms with E-state index in [9.17, 15) is 0 Å². The molecule has 0 spiro atoms. The summed E-state index contributed by atoms with van der Waals surface area (Å²) >= 11 is 5.94. The molecule has 2 N–H and O–H groups in total. The Morgan fingerprint density at radius 3 is 2.14 bits per heavy atom. The van der Waals surface area contributed by atoms with Gasteiger partial charge in [-0.3, -0.25) is 4.90 Å². The molecule has 0 saturated heterocycles. The van der Waals surface area contributed by atoms with Gasteiger partial charge in [-0.15, -0.1) is 0 Å². The van der Waals surface area contributed by atoms with Crippen LogP contribution in [0.25, 0.3) is 0 Å². The SMILES string of the molecule is Cc1cc(C)cc(C(CN)N(C)Cc2ccc(Cl)cc2)c1. The maximum atomic E-state index is 6.02. The summed E-state index contributed by atoms with van der Waals surface area (Å²) in [5, 5.41) is 0.770. The van der Waals surface area contributed by atoms with Crippen molar-refractivity contribution in [2.75, 3.05) is 13.6 Å². The van der Waals surface area contributed by atoms with Gasteiger partial charge < -0.3 is 5.73 Å². The molecular weight excluding hydrogens is 280 g/mol. The van der Waals surface area contributed by atoms with Gasteiger partial charge in [0.05, 0.1) is 0 Å². The molecule has 2 aromatic carbocycles. The molecule has 112 valence electrons. The zero-order valence-electron chi connectivity index (χ0n) is 12.9. The van der Waals surface area contributed by atoms with Crippen LogP contribution in [0.4, 0.5) is 0 Å². The van der Waals surface area contributed by atoms with Crippen molar-refractivity contribution in [3.8, 4) is 0 Å². The molecule has 0 aliphatic rings. The quantitative estimate of drug-likeness (QED) is 0.901. The first-order chi connectivity index (χ1) is 9.99. The lowest BCUT2D eigenvalue weighted by atomic mass is 10.00. The van der Waals surface area contributed by atoms with Crippen molar-refractivity contribution >= 4 is 11.6 Å². The van der Waals surface area contributed by atoms with Gasteiger partial charge in [-0.25, -0.2) is 0 Å². The Labute approximate surface area is 132 Å². The van der Waals surface area contributed by atoms with E-state index >= 15 is 0 Å². The van der Waals surface area contributed by atoms with Gasteiger partial charge in [-0.05, 0) is 44.2 Å². The summed E-state index contributed by atoms with van der Waals surface area (Å²) in [6.07, 6.45) is 0. The monoisotopic (exact) mass is 302 g/mol. The van der Waals surface area contributed by atoms with Crippen molar-refractivity contribution in [2.45, 2.75) is 26.4 Å². The second-order valence-corrected chi connectivity index (χ2v) is 6.15. The smallest absolute Gasteiger partial charge is 0.0471 e. The van der Waals surface area contributed by atoms with Gasteiger partial charge in [0.2, 0.25) is 0 Å². The molecule has 0 aliphatic carbocycles. The van der Waals surface area contributed by atoms with Crippen molar-refractivity contribution in [1.29, 1.82) is 0 Å². The fraction of sp³-hybridized carbons (Fsp3) is 0.333. The second-order valence-electron chi connectivity index (χ2n) is 5.71. The van der Waals surface area contributed by atoms with Crippen LogP contribution >= 0.6 is 11.6 Å². The molecule has 2 nitrogen and oxygen atoms in total. The zero-order chi connectivity index (χ0) is 15.4. The van der Waals surface area contributed by atoms with E-state index in [-0.39, 0.29) is 6.04 Å². The van der Waals surface area contributed by atoms with Crippen LogP contribution in [0.5, 0.6) is 0 Å². The van der Waals surface area contributed by atoms with E-state index in [2.05, 4.69) is 56.1 Å². The molecule has 0 saturated carbocycles. The molecular formula is C18H23ClN2. The molecule has 21 heavy (non-hydrogen) atoms. The summed E-state index contributed by atoms with van der Waals surface area (Å²) in [7, 11) is 2.11. The minimum absolute atomic E-state index is 0.222. The average molecular weight is 303 g/mol. The molecule has 0 heterocycles. The summed E-state index contributed by atoms with van der Waals surface area (Å²) < 4.78 is 0. The second kappa shape index (κ2) is 7.08. The van der Waals surface area contributed by atoms with Crippen molar-refractivity contribution in [3.05, 3.63) is 69.7 Å². The average Bonchev–Trinajstić information content (AvgIpc) is 2.41. The lowest BCUT2D eigenvalue weighted by Gasteiger charge is -2.28. The van der Waals surface area contributed by atoms with Gasteiger partial charge >= 0.3 is 0 Å². The van der Waals surface area contributed by atoms with E-state index in [1.807, 2.05) is 12.1 Å². The van der Waals surface area contributed by atoms with Crippen LogP contribution in [0.1, 0.15) is 28.3 Å². The summed E-state index contributed by atoms with van der Waals surface area (Å²) in [4.78, 5) is 2.29. The molecule has 2 rings (SSSR count). The number of halogens is 1. The summed E-state index contributed by atoms with van der Waals surface area (Å²) in [6.45, 7) is 5.71. The van der Waals surface area contributed by atoms with Crippen molar-refractivity contribution in [2.24, 2.45) is 5.73 Å². The van der Waals surface area contributed by atoms with E-state index in [0.29, 0.717) is 6.54 Å². The van der Waals surface area contributed by atoms with Crippen LogP contribution in [0.15, 0.2) is 42.5 Å². The topological polar surface area (TPSA) is 29.3 Å². The van der Waals surface area contributed by atoms with Crippen molar-refractivity contribution in [1.82, 2.24) is 4.90 Å². The minimum atomic E-state index is 0.222. The maximum Gasteiger partial charge on any atom is 0.0471 e. The van der Waals surface area contributed by atoms with Crippen LogP contribution in [-0.4, -0.2) is 18.5 Å². The van der Waals surface area contributed by atoms with Crippen LogP contribution in [0, 0.1) is 13.8 Å². The highest BCUT2D eigenvalue weighted by Crippen LogP contribution is 2.23. The molecule has 1 unspecified atom stereocenters. The molecule has 0 bridgehead atoms. The number of rotatable bonds is 5. The normalized spacial score (nSPS) is 12.7. The lowest BCUT2D eigenvalue weighted by molar-refractivity contribution is 0.241. The molecule has 1 atom stereocenters. The number of hydrogen-bond acceptors (Lipinski definition) is 2. The fourth-order valence-electron chi connectivity index (χ4n) is 2.76. The largest absolute Gasteiger partial charge is 0.329 e. The minimum Gasteiger partial charge on any atom is -0.329 e. The Hall–Kier alpha value is -1.35. The third-order valence-electron chi connectivity index (χ3n) is 3.73. The number of hydrogen-bond donors (Lipinski definition) is 1. The Kier molecular flexibility index (Phi) is 5.40. The number of nitrogens with two attached hydrogens (primary N) is 1. The highest BCUT2D eigenvalue weighted by molar-refractivity contribution is 6.30. The Morgan fingerprint density at radius 1 is 1.05 bits per heavy atom. The Morgan fingerprint density at radius 2 is 1.62 bits per heavy atom. The Balaban J connectivity index is 2.17. The van der Waals surface area contributed by atoms with E-state index in [0.717, 1.165) is 11.6 Å². The van der Waals surface area contributed by atoms with Crippen LogP contribution in [-0.2, 0) is 6.54 Å². The van der Waals surface area contributed by atoms with Gasteiger partial charge in [-0.2, -0.15) is 0 Å². The summed E-state index contributed by atoms with van der Waals surface area (Å²) in [5.41, 5.74) is 11.1. The van der Waals surface area contributed by atoms with E-state index in [1.165, 1.54) is 22.3 Å². The van der Waals surface area contributed by atoms with E-state index in [4.69, 9.17) is 17.3 Å². The third kappa shape index (κ3) is 4.31. The first-order valence-corrected chi connectivity index (χ1v) is 7.60. The number of likely N-dealkylation sites (N-methyl/N-ethyl adjacent to an activating group) is 1. The molecule has 0 radical (unpaired) electrons. The standard InChI is InChI=1S/C18H23ClN2/c1-13-8-14(2)10-16(9-13)18(11-20)21(3)12-15-4-6-17(19)7-5-15/h4-10,18H,11-12,20H2,1-3H3. The highest BCUT2D eigenvalue weighted by Gasteiger charge is 2.16. The van der Waals surface area contributed by atoms with Crippen molar-refractivity contribution < 1.29 is 0 Å². The Bertz CT molecular complexity index is 572. The molecule has 3 heteroatoms. The number of aryl methyl sites for hydroxylation is 2. The number of nitrogens with zero attached hydrogens (tertiary/aromatic N) is 1.